The lowest BCUT2D eigenvalue weighted by Crippen LogP contribution is -2.10. The number of anilines is 3. The average molecular weight is 655 g/mol. The van der Waals surface area contributed by atoms with E-state index in [1.165, 1.54) is 21.9 Å². The maximum Gasteiger partial charge on any atom is 0.227 e. The molecule has 2 aromatic heterocycles. The quantitative estimate of drug-likeness (QED) is 0.179. The van der Waals surface area contributed by atoms with Crippen molar-refractivity contribution in [3.8, 4) is 33.7 Å². The number of nitrogens with zero attached hydrogens (tertiary/aromatic N) is 2. The summed E-state index contributed by atoms with van der Waals surface area (Å²) in [5.41, 5.74) is 11.7. The molecule has 0 N–H and O–H groups in total. The molecule has 2 heterocycles. The third-order valence-electron chi connectivity index (χ3n) is 9.66. The molecule has 51 heavy (non-hydrogen) atoms. The normalized spacial score (nSPS) is 11.5. The van der Waals surface area contributed by atoms with Crippen LogP contribution >= 0.6 is 0 Å². The molecule has 4 heteroatoms. The van der Waals surface area contributed by atoms with Gasteiger partial charge in [0.2, 0.25) is 5.89 Å². The number of fused-ring (bicyclic) bond motifs is 5. The van der Waals surface area contributed by atoms with Gasteiger partial charge in [-0.05, 0) is 93.7 Å². The highest BCUT2D eigenvalue weighted by Crippen LogP contribution is 2.45. The average Bonchev–Trinajstić information content (AvgIpc) is 3.79. The lowest BCUT2D eigenvalue weighted by molar-refractivity contribution is 0.617. The van der Waals surface area contributed by atoms with Crippen molar-refractivity contribution in [1.29, 1.82) is 0 Å². The van der Waals surface area contributed by atoms with Crippen LogP contribution in [0.3, 0.4) is 0 Å². The minimum absolute atomic E-state index is 0.591. The van der Waals surface area contributed by atoms with Crippen molar-refractivity contribution in [2.75, 3.05) is 4.90 Å². The molecule has 0 fully saturated rings. The molecule has 0 amide bonds. The summed E-state index contributed by atoms with van der Waals surface area (Å²) in [4.78, 5) is 7.22. The molecular weight excluding hydrogens is 625 g/mol. The first-order valence-corrected chi connectivity index (χ1v) is 17.1. The molecule has 240 valence electrons. The molecular formula is C47H30N2O2. The molecule has 0 spiro atoms. The number of hydrogen-bond donors (Lipinski definition) is 0. The van der Waals surface area contributed by atoms with Crippen LogP contribution in [0.5, 0.6) is 0 Å². The number of hydrogen-bond acceptors (Lipinski definition) is 4. The molecule has 8 aromatic carbocycles. The molecule has 0 unspecified atom stereocenters. The zero-order valence-electron chi connectivity index (χ0n) is 27.5. The second-order valence-electron chi connectivity index (χ2n) is 12.8. The Hall–Kier alpha value is -6.91. The molecule has 4 nitrogen and oxygen atoms in total. The SMILES string of the molecule is c1ccc(-c2cccc(N(c3ccc(-c4ccc5ccccc5c4)cc3)c3cccc4oc5cc6oc(-c7ccccc7)nc6cc5c34)c2)cc1. The Morgan fingerprint density at radius 1 is 0.392 bits per heavy atom. The topological polar surface area (TPSA) is 42.4 Å². The van der Waals surface area contributed by atoms with Gasteiger partial charge in [-0.15, -0.1) is 0 Å². The first kappa shape index (κ1) is 29.0. The van der Waals surface area contributed by atoms with E-state index in [9.17, 15) is 0 Å². The second kappa shape index (κ2) is 11.9. The Morgan fingerprint density at radius 3 is 1.88 bits per heavy atom. The Labute approximate surface area is 294 Å². The molecule has 0 saturated heterocycles. The van der Waals surface area contributed by atoms with Crippen LogP contribution < -0.4 is 4.90 Å². The largest absolute Gasteiger partial charge is 0.456 e. The monoisotopic (exact) mass is 654 g/mol. The van der Waals surface area contributed by atoms with Crippen LogP contribution in [-0.2, 0) is 0 Å². The molecule has 10 aromatic rings. The van der Waals surface area contributed by atoms with Gasteiger partial charge in [0.05, 0.1) is 11.1 Å². The van der Waals surface area contributed by atoms with Crippen LogP contribution in [0.15, 0.2) is 191 Å². The van der Waals surface area contributed by atoms with Crippen LogP contribution in [0.1, 0.15) is 0 Å². The van der Waals surface area contributed by atoms with Crippen LogP contribution in [0.25, 0.3) is 77.5 Å². The zero-order chi connectivity index (χ0) is 33.7. The van der Waals surface area contributed by atoms with E-state index in [1.807, 2.05) is 42.5 Å². The molecule has 0 aliphatic heterocycles. The summed E-state index contributed by atoms with van der Waals surface area (Å²) in [5.74, 6) is 0.591. The summed E-state index contributed by atoms with van der Waals surface area (Å²) in [6, 6.07) is 63.6. The second-order valence-corrected chi connectivity index (χ2v) is 12.8. The fourth-order valence-corrected chi connectivity index (χ4v) is 7.17. The van der Waals surface area contributed by atoms with Crippen LogP contribution in [0.2, 0.25) is 0 Å². The Morgan fingerprint density at radius 2 is 1.06 bits per heavy atom. The van der Waals surface area contributed by atoms with Gasteiger partial charge in [-0.3, -0.25) is 0 Å². The summed E-state index contributed by atoms with van der Waals surface area (Å²) in [6.07, 6.45) is 0. The van der Waals surface area contributed by atoms with E-state index in [0.717, 1.165) is 61.2 Å². The number of benzene rings is 8. The first-order valence-electron chi connectivity index (χ1n) is 17.1. The Kier molecular flexibility index (Phi) is 6.78. The molecule has 10 rings (SSSR count). The maximum atomic E-state index is 6.53. The van der Waals surface area contributed by atoms with Gasteiger partial charge in [-0.1, -0.05) is 115 Å². The van der Waals surface area contributed by atoms with E-state index in [0.29, 0.717) is 11.5 Å². The summed E-state index contributed by atoms with van der Waals surface area (Å²) in [7, 11) is 0. The fourth-order valence-electron chi connectivity index (χ4n) is 7.17. The minimum atomic E-state index is 0.591. The van der Waals surface area contributed by atoms with Gasteiger partial charge in [-0.2, -0.15) is 0 Å². The Balaban J connectivity index is 1.15. The van der Waals surface area contributed by atoms with Gasteiger partial charge in [0.25, 0.3) is 0 Å². The lowest BCUT2D eigenvalue weighted by atomic mass is 10.0. The van der Waals surface area contributed by atoms with E-state index in [2.05, 4.69) is 144 Å². The molecule has 0 saturated carbocycles. The van der Waals surface area contributed by atoms with Crippen LogP contribution in [0.4, 0.5) is 17.1 Å². The van der Waals surface area contributed by atoms with Gasteiger partial charge in [0.15, 0.2) is 5.58 Å². The van der Waals surface area contributed by atoms with E-state index in [4.69, 9.17) is 13.8 Å². The van der Waals surface area contributed by atoms with E-state index < -0.39 is 0 Å². The fraction of sp³-hybridized carbons (Fsp3) is 0. The van der Waals surface area contributed by atoms with Crippen LogP contribution in [-0.4, -0.2) is 4.98 Å². The number of furan rings is 1. The van der Waals surface area contributed by atoms with Crippen molar-refractivity contribution in [1.82, 2.24) is 4.98 Å². The standard InChI is InChI=1S/C47H30N2O2/c1-3-11-31(12-4-1)36-17-9-18-39(28-36)49(38-25-23-33(24-26-38)37-22-21-32-13-7-8-16-35(32)27-37)42-19-10-20-43-46(42)40-29-41-45(30-44(40)50-43)51-47(48-41)34-14-5-2-6-15-34/h1-30H. The number of aromatic nitrogens is 1. The van der Waals surface area contributed by atoms with Crippen molar-refractivity contribution < 1.29 is 8.83 Å². The third kappa shape index (κ3) is 5.13. The van der Waals surface area contributed by atoms with Crippen molar-refractivity contribution in [3.05, 3.63) is 182 Å². The van der Waals surface area contributed by atoms with Crippen molar-refractivity contribution in [2.24, 2.45) is 0 Å². The zero-order valence-corrected chi connectivity index (χ0v) is 27.5. The number of rotatable bonds is 6. The first-order chi connectivity index (χ1) is 25.2. The molecule has 0 bridgehead atoms. The summed E-state index contributed by atoms with van der Waals surface area (Å²) in [6.45, 7) is 0. The summed E-state index contributed by atoms with van der Waals surface area (Å²) in [5, 5.41) is 4.47. The van der Waals surface area contributed by atoms with E-state index >= 15 is 0 Å². The summed E-state index contributed by atoms with van der Waals surface area (Å²) >= 11 is 0. The van der Waals surface area contributed by atoms with Crippen LogP contribution in [0, 0.1) is 0 Å². The van der Waals surface area contributed by atoms with E-state index in [1.54, 1.807) is 0 Å². The lowest BCUT2D eigenvalue weighted by Gasteiger charge is -2.27. The summed E-state index contributed by atoms with van der Waals surface area (Å²) < 4.78 is 12.7. The third-order valence-corrected chi connectivity index (χ3v) is 9.66. The predicted molar refractivity (Wildman–Crippen MR) is 210 cm³/mol. The Bertz CT molecular complexity index is 2850. The molecule has 0 radical (unpaired) electrons. The molecule has 0 aliphatic carbocycles. The minimum Gasteiger partial charge on any atom is -0.456 e. The van der Waals surface area contributed by atoms with E-state index in [-0.39, 0.29) is 0 Å². The smallest absolute Gasteiger partial charge is 0.227 e. The van der Waals surface area contributed by atoms with Crippen molar-refractivity contribution >= 4 is 60.9 Å². The molecule has 0 aliphatic rings. The molecule has 0 atom stereocenters. The van der Waals surface area contributed by atoms with Crippen molar-refractivity contribution in [3.63, 3.8) is 0 Å². The van der Waals surface area contributed by atoms with Gasteiger partial charge in [-0.25, -0.2) is 4.98 Å². The predicted octanol–water partition coefficient (Wildman–Crippen LogP) is 13.4. The maximum absolute atomic E-state index is 6.53. The highest BCUT2D eigenvalue weighted by molar-refractivity contribution is 6.15. The van der Waals surface area contributed by atoms with Gasteiger partial charge in [0, 0.05) is 28.4 Å². The van der Waals surface area contributed by atoms with Crippen molar-refractivity contribution in [2.45, 2.75) is 0 Å². The number of oxazole rings is 1. The highest BCUT2D eigenvalue weighted by atomic mass is 16.4. The van der Waals surface area contributed by atoms with Gasteiger partial charge < -0.3 is 13.7 Å². The van der Waals surface area contributed by atoms with Gasteiger partial charge >= 0.3 is 0 Å². The van der Waals surface area contributed by atoms with Gasteiger partial charge in [0.1, 0.15) is 16.7 Å². The highest BCUT2D eigenvalue weighted by Gasteiger charge is 2.21.